The average molecular weight is 326 g/mol. The molecule has 0 spiro atoms. The van der Waals surface area contributed by atoms with Crippen LogP contribution in [0.5, 0.6) is 0 Å². The van der Waals surface area contributed by atoms with E-state index in [4.69, 9.17) is 4.74 Å². The second-order valence-corrected chi connectivity index (χ2v) is 5.95. The largest absolute Gasteiger partial charge is 0.378 e. The summed E-state index contributed by atoms with van der Waals surface area (Å²) in [4.78, 5) is 16.2. The number of anilines is 1. The Labute approximate surface area is 144 Å². The predicted octanol–water partition coefficient (Wildman–Crippen LogP) is 3.32. The summed E-state index contributed by atoms with van der Waals surface area (Å²) < 4.78 is 5.55. The summed E-state index contributed by atoms with van der Waals surface area (Å²) in [6, 6.07) is 18.2. The van der Waals surface area contributed by atoms with E-state index in [1.54, 1.807) is 0 Å². The quantitative estimate of drug-likeness (QED) is 0.746. The zero-order valence-electron chi connectivity index (χ0n) is 14.7. The first kappa shape index (κ1) is 18.0. The number of carbonyl (C=O) groups excluding carboxylic acids is 1. The number of ether oxygens (including phenoxy) is 1. The molecular weight excluding hydrogens is 300 g/mol. The molecule has 0 fully saturated rings. The van der Waals surface area contributed by atoms with Gasteiger partial charge in [0.2, 0.25) is 5.91 Å². The van der Waals surface area contributed by atoms with Crippen molar-refractivity contribution in [3.8, 4) is 0 Å². The van der Waals surface area contributed by atoms with Gasteiger partial charge >= 0.3 is 0 Å². The normalized spacial score (nSPS) is 10.5. The Hall–Kier alpha value is -2.33. The van der Waals surface area contributed by atoms with Crippen molar-refractivity contribution in [1.82, 2.24) is 4.90 Å². The summed E-state index contributed by atoms with van der Waals surface area (Å²) in [6.07, 6.45) is 0. The molecule has 0 saturated carbocycles. The van der Waals surface area contributed by atoms with Crippen molar-refractivity contribution >= 4 is 11.6 Å². The van der Waals surface area contributed by atoms with Gasteiger partial charge in [0.1, 0.15) is 6.61 Å². The van der Waals surface area contributed by atoms with Gasteiger partial charge in [-0.25, -0.2) is 0 Å². The Morgan fingerprint density at radius 1 is 0.958 bits per heavy atom. The summed E-state index contributed by atoms with van der Waals surface area (Å²) >= 11 is 0. The van der Waals surface area contributed by atoms with Crippen LogP contribution in [-0.4, -0.2) is 38.1 Å². The van der Waals surface area contributed by atoms with Crippen LogP contribution in [0.4, 0.5) is 5.69 Å². The molecule has 0 N–H and O–H groups in total. The highest BCUT2D eigenvalue weighted by Crippen LogP contribution is 2.14. The highest BCUT2D eigenvalue weighted by molar-refractivity contribution is 5.77. The standard InChI is InChI=1S/C20H26N2O2/c1-4-22(14-17-10-12-19(13-11-17)21(2)3)20(23)16-24-15-18-8-6-5-7-9-18/h5-13H,4,14-16H2,1-3H3. The van der Waals surface area contributed by atoms with Crippen LogP contribution < -0.4 is 4.90 Å². The van der Waals surface area contributed by atoms with Gasteiger partial charge in [-0.3, -0.25) is 4.79 Å². The molecule has 2 aromatic rings. The van der Waals surface area contributed by atoms with E-state index in [1.165, 1.54) is 0 Å². The zero-order valence-corrected chi connectivity index (χ0v) is 14.7. The molecule has 128 valence electrons. The number of hydrogen-bond acceptors (Lipinski definition) is 3. The third-order valence-electron chi connectivity index (χ3n) is 3.90. The minimum absolute atomic E-state index is 0.0186. The first-order valence-corrected chi connectivity index (χ1v) is 8.26. The van der Waals surface area contributed by atoms with E-state index < -0.39 is 0 Å². The molecule has 0 unspecified atom stereocenters. The van der Waals surface area contributed by atoms with Gasteiger partial charge in [0.05, 0.1) is 6.61 Å². The Bertz CT molecular complexity index is 624. The maximum Gasteiger partial charge on any atom is 0.248 e. The third-order valence-corrected chi connectivity index (χ3v) is 3.90. The van der Waals surface area contributed by atoms with Crippen LogP contribution in [0.25, 0.3) is 0 Å². The van der Waals surface area contributed by atoms with Crippen molar-refractivity contribution in [3.63, 3.8) is 0 Å². The van der Waals surface area contributed by atoms with Crippen molar-refractivity contribution in [2.24, 2.45) is 0 Å². The number of likely N-dealkylation sites (N-methyl/N-ethyl adjacent to an activating group) is 1. The Balaban J connectivity index is 1.84. The number of carbonyl (C=O) groups is 1. The lowest BCUT2D eigenvalue weighted by molar-refractivity contribution is -0.137. The van der Waals surface area contributed by atoms with E-state index in [0.717, 1.165) is 16.8 Å². The molecule has 0 aromatic heterocycles. The van der Waals surface area contributed by atoms with Crippen LogP contribution in [0.1, 0.15) is 18.1 Å². The highest BCUT2D eigenvalue weighted by Gasteiger charge is 2.12. The van der Waals surface area contributed by atoms with Crippen molar-refractivity contribution in [2.75, 3.05) is 32.1 Å². The van der Waals surface area contributed by atoms with Crippen molar-refractivity contribution in [2.45, 2.75) is 20.1 Å². The van der Waals surface area contributed by atoms with Gasteiger partial charge in [-0.1, -0.05) is 42.5 Å². The molecule has 2 rings (SSSR count). The molecule has 0 bridgehead atoms. The lowest BCUT2D eigenvalue weighted by atomic mass is 10.2. The summed E-state index contributed by atoms with van der Waals surface area (Å²) in [5.74, 6) is 0.0186. The summed E-state index contributed by atoms with van der Waals surface area (Å²) in [5.41, 5.74) is 3.35. The Kier molecular flexibility index (Phi) is 6.82. The molecule has 0 aliphatic rings. The molecule has 0 heterocycles. The summed E-state index contributed by atoms with van der Waals surface area (Å²) in [6.45, 7) is 3.84. The lowest BCUT2D eigenvalue weighted by Gasteiger charge is -2.21. The molecule has 1 amide bonds. The Morgan fingerprint density at radius 3 is 2.21 bits per heavy atom. The smallest absolute Gasteiger partial charge is 0.248 e. The molecule has 4 nitrogen and oxygen atoms in total. The van der Waals surface area contributed by atoms with E-state index in [0.29, 0.717) is 19.7 Å². The predicted molar refractivity (Wildman–Crippen MR) is 98.0 cm³/mol. The molecule has 0 radical (unpaired) electrons. The number of nitrogens with zero attached hydrogens (tertiary/aromatic N) is 2. The van der Waals surface area contributed by atoms with Gasteiger partial charge < -0.3 is 14.5 Å². The van der Waals surface area contributed by atoms with Crippen molar-refractivity contribution in [3.05, 3.63) is 65.7 Å². The van der Waals surface area contributed by atoms with E-state index in [1.807, 2.05) is 56.3 Å². The van der Waals surface area contributed by atoms with Gasteiger partial charge in [-0.15, -0.1) is 0 Å². The highest BCUT2D eigenvalue weighted by atomic mass is 16.5. The number of rotatable bonds is 8. The van der Waals surface area contributed by atoms with E-state index >= 15 is 0 Å². The fourth-order valence-corrected chi connectivity index (χ4v) is 2.42. The van der Waals surface area contributed by atoms with Gasteiger partial charge in [0, 0.05) is 32.9 Å². The first-order chi connectivity index (χ1) is 11.6. The average Bonchev–Trinajstić information content (AvgIpc) is 2.60. The van der Waals surface area contributed by atoms with E-state index in [9.17, 15) is 4.79 Å². The number of benzene rings is 2. The van der Waals surface area contributed by atoms with E-state index in [2.05, 4.69) is 29.2 Å². The second kappa shape index (κ2) is 9.08. The minimum Gasteiger partial charge on any atom is -0.378 e. The van der Waals surface area contributed by atoms with Gasteiger partial charge in [-0.05, 0) is 30.2 Å². The zero-order chi connectivity index (χ0) is 17.4. The van der Waals surface area contributed by atoms with E-state index in [-0.39, 0.29) is 12.5 Å². The van der Waals surface area contributed by atoms with Crippen molar-refractivity contribution in [1.29, 1.82) is 0 Å². The molecule has 0 aliphatic heterocycles. The minimum atomic E-state index is 0.0186. The maximum absolute atomic E-state index is 12.3. The molecule has 24 heavy (non-hydrogen) atoms. The molecule has 0 aliphatic carbocycles. The topological polar surface area (TPSA) is 32.8 Å². The van der Waals surface area contributed by atoms with Crippen LogP contribution in [0.3, 0.4) is 0 Å². The maximum atomic E-state index is 12.3. The molecular formula is C20H26N2O2. The molecule has 0 saturated heterocycles. The SMILES string of the molecule is CCN(Cc1ccc(N(C)C)cc1)C(=O)COCc1ccccc1. The second-order valence-electron chi connectivity index (χ2n) is 5.95. The number of hydrogen-bond donors (Lipinski definition) is 0. The van der Waals surface area contributed by atoms with Gasteiger partial charge in [0.25, 0.3) is 0 Å². The number of amides is 1. The molecule has 0 atom stereocenters. The summed E-state index contributed by atoms with van der Waals surface area (Å²) in [5, 5.41) is 0. The molecule has 4 heteroatoms. The van der Waals surface area contributed by atoms with Crippen LogP contribution in [0.2, 0.25) is 0 Å². The van der Waals surface area contributed by atoms with Crippen LogP contribution in [0.15, 0.2) is 54.6 Å². The Morgan fingerprint density at radius 2 is 1.62 bits per heavy atom. The monoisotopic (exact) mass is 326 g/mol. The van der Waals surface area contributed by atoms with Gasteiger partial charge in [-0.2, -0.15) is 0 Å². The summed E-state index contributed by atoms with van der Waals surface area (Å²) in [7, 11) is 4.03. The fourth-order valence-electron chi connectivity index (χ4n) is 2.42. The van der Waals surface area contributed by atoms with Crippen LogP contribution >= 0.6 is 0 Å². The lowest BCUT2D eigenvalue weighted by Crippen LogP contribution is -2.33. The molecule has 2 aromatic carbocycles. The third kappa shape index (κ3) is 5.39. The van der Waals surface area contributed by atoms with Crippen LogP contribution in [-0.2, 0) is 22.7 Å². The van der Waals surface area contributed by atoms with Crippen molar-refractivity contribution < 1.29 is 9.53 Å². The van der Waals surface area contributed by atoms with Gasteiger partial charge in [0.15, 0.2) is 0 Å². The fraction of sp³-hybridized carbons (Fsp3) is 0.350. The van der Waals surface area contributed by atoms with Crippen LogP contribution in [0, 0.1) is 0 Å². The first-order valence-electron chi connectivity index (χ1n) is 8.26.